The van der Waals surface area contributed by atoms with Gasteiger partial charge in [0.1, 0.15) is 11.5 Å². The van der Waals surface area contributed by atoms with Gasteiger partial charge in [-0.3, -0.25) is 9.59 Å². The Morgan fingerprint density at radius 2 is 1.40 bits per heavy atom. The van der Waals surface area contributed by atoms with E-state index in [-0.39, 0.29) is 17.9 Å². The van der Waals surface area contributed by atoms with Gasteiger partial charge in [-0.25, -0.2) is 0 Å². The lowest BCUT2D eigenvalue weighted by Crippen LogP contribution is -2.28. The summed E-state index contributed by atoms with van der Waals surface area (Å²) in [6, 6.07) is 21.3. The van der Waals surface area contributed by atoms with Gasteiger partial charge in [0.15, 0.2) is 0 Å². The minimum absolute atomic E-state index is 0.176. The second kappa shape index (κ2) is 9.60. The van der Waals surface area contributed by atoms with Crippen LogP contribution in [0.2, 0.25) is 0 Å². The molecule has 3 aromatic rings. The topological polar surface area (TPSA) is 76.7 Å². The lowest BCUT2D eigenvalue weighted by atomic mass is 10.1. The summed E-state index contributed by atoms with van der Waals surface area (Å²) >= 11 is 0. The predicted octanol–water partition coefficient (Wildman–Crippen LogP) is 4.45. The molecule has 0 bridgehead atoms. The largest absolute Gasteiger partial charge is 0.497 e. The maximum Gasteiger partial charge on any atom is 0.255 e. The van der Waals surface area contributed by atoms with Crippen molar-refractivity contribution in [3.05, 3.63) is 89.5 Å². The van der Waals surface area contributed by atoms with Crippen LogP contribution in [0.1, 0.15) is 39.2 Å². The van der Waals surface area contributed by atoms with Gasteiger partial charge in [-0.05, 0) is 36.8 Å². The summed E-state index contributed by atoms with van der Waals surface area (Å²) in [6.07, 6.45) is 0. The molecule has 0 aliphatic carbocycles. The average molecular weight is 404 g/mol. The third-order valence-corrected chi connectivity index (χ3v) is 4.68. The fourth-order valence-electron chi connectivity index (χ4n) is 3.02. The summed E-state index contributed by atoms with van der Waals surface area (Å²) in [4.78, 5) is 25.7. The van der Waals surface area contributed by atoms with Crippen LogP contribution < -0.4 is 20.1 Å². The van der Waals surface area contributed by atoms with Crippen LogP contribution >= 0.6 is 0 Å². The number of hydrogen-bond donors (Lipinski definition) is 2. The number of hydrogen-bond acceptors (Lipinski definition) is 4. The zero-order valence-corrected chi connectivity index (χ0v) is 17.1. The van der Waals surface area contributed by atoms with E-state index >= 15 is 0 Å². The summed E-state index contributed by atoms with van der Waals surface area (Å²) in [5.74, 6) is 0.360. The average Bonchev–Trinajstić information content (AvgIpc) is 2.79. The number of rotatable bonds is 7. The number of ether oxygens (including phenoxy) is 2. The molecular formula is C24H24N2O4. The van der Waals surface area contributed by atoms with E-state index in [9.17, 15) is 9.59 Å². The van der Waals surface area contributed by atoms with Crippen molar-refractivity contribution in [3.8, 4) is 11.5 Å². The second-order valence-corrected chi connectivity index (χ2v) is 6.71. The Kier molecular flexibility index (Phi) is 6.70. The molecule has 0 aromatic heterocycles. The number of carbonyl (C=O) groups is 2. The highest BCUT2D eigenvalue weighted by Crippen LogP contribution is 2.24. The lowest BCUT2D eigenvalue weighted by Gasteiger charge is -2.16. The summed E-state index contributed by atoms with van der Waals surface area (Å²) in [7, 11) is 3.04. The molecule has 0 saturated carbocycles. The first-order valence-corrected chi connectivity index (χ1v) is 9.51. The Bertz CT molecular complexity index is 1010. The summed E-state index contributed by atoms with van der Waals surface area (Å²) in [5.41, 5.74) is 2.15. The van der Waals surface area contributed by atoms with Gasteiger partial charge >= 0.3 is 0 Å². The van der Waals surface area contributed by atoms with Gasteiger partial charge in [-0.2, -0.15) is 0 Å². The molecule has 6 heteroatoms. The van der Waals surface area contributed by atoms with Gasteiger partial charge in [0.2, 0.25) is 0 Å². The minimum atomic E-state index is -0.372. The molecule has 1 unspecified atom stereocenters. The van der Waals surface area contributed by atoms with E-state index in [0.29, 0.717) is 28.3 Å². The van der Waals surface area contributed by atoms with Crippen LogP contribution in [0.25, 0.3) is 0 Å². The summed E-state index contributed by atoms with van der Waals surface area (Å²) < 4.78 is 10.4. The summed E-state index contributed by atoms with van der Waals surface area (Å²) in [6.45, 7) is 1.91. The molecule has 2 N–H and O–H groups in total. The third kappa shape index (κ3) is 4.97. The first-order valence-electron chi connectivity index (χ1n) is 9.51. The van der Waals surface area contributed by atoms with E-state index in [2.05, 4.69) is 10.6 Å². The molecule has 30 heavy (non-hydrogen) atoms. The van der Waals surface area contributed by atoms with Crippen LogP contribution in [-0.4, -0.2) is 26.0 Å². The van der Waals surface area contributed by atoms with Gasteiger partial charge in [-0.15, -0.1) is 0 Å². The van der Waals surface area contributed by atoms with Crippen LogP contribution in [0.4, 0.5) is 5.69 Å². The van der Waals surface area contributed by atoms with Crippen LogP contribution in [-0.2, 0) is 0 Å². The number of anilines is 1. The Hall–Kier alpha value is -3.80. The molecule has 3 rings (SSSR count). The van der Waals surface area contributed by atoms with E-state index in [1.807, 2.05) is 37.3 Å². The fraction of sp³-hybridized carbons (Fsp3) is 0.167. The van der Waals surface area contributed by atoms with Crippen molar-refractivity contribution in [2.75, 3.05) is 19.5 Å². The number of para-hydroxylation sites is 1. The fourth-order valence-corrected chi connectivity index (χ4v) is 3.02. The second-order valence-electron chi connectivity index (χ2n) is 6.71. The van der Waals surface area contributed by atoms with Crippen molar-refractivity contribution < 1.29 is 19.1 Å². The normalized spacial score (nSPS) is 11.3. The number of nitrogens with one attached hydrogen (secondary N) is 2. The van der Waals surface area contributed by atoms with E-state index in [1.54, 1.807) is 42.5 Å². The lowest BCUT2D eigenvalue weighted by molar-refractivity contribution is 0.0940. The quantitative estimate of drug-likeness (QED) is 0.610. The Morgan fingerprint density at radius 1 is 0.800 bits per heavy atom. The number of benzene rings is 3. The molecule has 2 amide bonds. The van der Waals surface area contributed by atoms with Gasteiger partial charge < -0.3 is 20.1 Å². The highest BCUT2D eigenvalue weighted by molar-refractivity contribution is 6.09. The number of methoxy groups -OCH3 is 2. The molecule has 3 aromatic carbocycles. The van der Waals surface area contributed by atoms with E-state index in [1.165, 1.54) is 14.2 Å². The van der Waals surface area contributed by atoms with Gasteiger partial charge in [0.05, 0.1) is 31.5 Å². The Morgan fingerprint density at radius 3 is 2.03 bits per heavy atom. The zero-order valence-electron chi connectivity index (χ0n) is 17.1. The van der Waals surface area contributed by atoms with Crippen molar-refractivity contribution >= 4 is 17.5 Å². The van der Waals surface area contributed by atoms with Crippen LogP contribution in [0.15, 0.2) is 72.8 Å². The SMILES string of the molecule is COc1cc(OC)cc(C(=O)Nc2ccccc2C(=O)NC(C)c2ccccc2)c1. The monoisotopic (exact) mass is 404 g/mol. The van der Waals surface area contributed by atoms with Crippen LogP contribution in [0, 0.1) is 0 Å². The molecule has 0 heterocycles. The number of carbonyl (C=O) groups excluding carboxylic acids is 2. The molecule has 1 atom stereocenters. The zero-order chi connectivity index (χ0) is 21.5. The molecule has 0 saturated heterocycles. The van der Waals surface area contributed by atoms with Crippen molar-refractivity contribution in [2.45, 2.75) is 13.0 Å². The molecular weight excluding hydrogens is 380 g/mol. The Balaban J connectivity index is 1.80. The maximum absolute atomic E-state index is 12.9. The molecule has 0 aliphatic heterocycles. The standard InChI is InChI=1S/C24H24N2O4/c1-16(17-9-5-4-6-10-17)25-24(28)21-11-7-8-12-22(21)26-23(27)18-13-19(29-2)15-20(14-18)30-3/h4-16H,1-3H3,(H,25,28)(H,26,27). The van der Waals surface area contributed by atoms with Gasteiger partial charge in [0, 0.05) is 11.6 Å². The maximum atomic E-state index is 12.9. The first-order chi connectivity index (χ1) is 14.5. The minimum Gasteiger partial charge on any atom is -0.497 e. The molecule has 154 valence electrons. The van der Waals surface area contributed by atoms with Crippen LogP contribution in [0.5, 0.6) is 11.5 Å². The van der Waals surface area contributed by atoms with Gasteiger partial charge in [0.25, 0.3) is 11.8 Å². The third-order valence-electron chi connectivity index (χ3n) is 4.68. The molecule has 6 nitrogen and oxygen atoms in total. The van der Waals surface area contributed by atoms with Crippen molar-refractivity contribution in [1.82, 2.24) is 5.32 Å². The molecule has 0 spiro atoms. The summed E-state index contributed by atoms with van der Waals surface area (Å²) in [5, 5.41) is 5.78. The van der Waals surface area contributed by atoms with Crippen molar-refractivity contribution in [3.63, 3.8) is 0 Å². The molecule has 0 fully saturated rings. The Labute approximate surface area is 175 Å². The predicted molar refractivity (Wildman–Crippen MR) is 116 cm³/mol. The van der Waals surface area contributed by atoms with Crippen LogP contribution in [0.3, 0.4) is 0 Å². The van der Waals surface area contributed by atoms with E-state index in [0.717, 1.165) is 5.56 Å². The van der Waals surface area contributed by atoms with Gasteiger partial charge in [-0.1, -0.05) is 42.5 Å². The first kappa shape index (κ1) is 20.9. The molecule has 0 aliphatic rings. The highest BCUT2D eigenvalue weighted by Gasteiger charge is 2.17. The van der Waals surface area contributed by atoms with E-state index < -0.39 is 0 Å². The number of amides is 2. The van der Waals surface area contributed by atoms with Crippen molar-refractivity contribution in [2.24, 2.45) is 0 Å². The highest BCUT2D eigenvalue weighted by atomic mass is 16.5. The van der Waals surface area contributed by atoms with Crippen molar-refractivity contribution in [1.29, 1.82) is 0 Å². The van der Waals surface area contributed by atoms with E-state index in [4.69, 9.17) is 9.47 Å². The molecule has 0 radical (unpaired) electrons. The smallest absolute Gasteiger partial charge is 0.255 e.